The van der Waals surface area contributed by atoms with E-state index in [0.29, 0.717) is 0 Å². The second-order valence-corrected chi connectivity index (χ2v) is 6.81. The molecule has 2 rings (SSSR count). The predicted molar refractivity (Wildman–Crippen MR) is 70.1 cm³/mol. The molecule has 3 atom stereocenters. The first-order valence-corrected chi connectivity index (χ1v) is 7.00. The summed E-state index contributed by atoms with van der Waals surface area (Å²) in [6.07, 6.45) is 2.24. The quantitative estimate of drug-likeness (QED) is 0.787. The SMILES string of the molecule is CC(C)C1(C)SC(=N[C@@H]2CC[C@@H](O)C2)NC1=O. The third-order valence-electron chi connectivity index (χ3n) is 3.76. The van der Waals surface area contributed by atoms with E-state index in [2.05, 4.69) is 24.2 Å². The number of rotatable bonds is 2. The highest BCUT2D eigenvalue weighted by Crippen LogP contribution is 2.38. The molecule has 1 saturated heterocycles. The standard InChI is InChI=1S/C12H20N2O2S/c1-7(2)12(3)10(16)14-11(17-12)13-8-4-5-9(15)6-8/h7-9,15H,4-6H2,1-3H3,(H,13,14,16)/t8-,9-,12?/m1/s1. The van der Waals surface area contributed by atoms with Gasteiger partial charge in [0.15, 0.2) is 5.17 Å². The van der Waals surface area contributed by atoms with Gasteiger partial charge in [0.1, 0.15) is 4.75 Å². The molecule has 0 spiro atoms. The molecule has 2 fully saturated rings. The first kappa shape index (κ1) is 12.9. The smallest absolute Gasteiger partial charge is 0.242 e. The van der Waals surface area contributed by atoms with E-state index >= 15 is 0 Å². The lowest BCUT2D eigenvalue weighted by Crippen LogP contribution is -2.38. The molecule has 17 heavy (non-hydrogen) atoms. The van der Waals surface area contributed by atoms with Crippen LogP contribution in [0.3, 0.4) is 0 Å². The van der Waals surface area contributed by atoms with Gasteiger partial charge in [-0.1, -0.05) is 25.6 Å². The highest BCUT2D eigenvalue weighted by molar-refractivity contribution is 8.16. The molecule has 1 heterocycles. The van der Waals surface area contributed by atoms with Crippen LogP contribution in [0, 0.1) is 5.92 Å². The van der Waals surface area contributed by atoms with Gasteiger partial charge in [-0.2, -0.15) is 0 Å². The van der Waals surface area contributed by atoms with Gasteiger partial charge < -0.3 is 10.4 Å². The van der Waals surface area contributed by atoms with Crippen molar-refractivity contribution >= 4 is 22.8 Å². The minimum Gasteiger partial charge on any atom is -0.393 e. The van der Waals surface area contributed by atoms with E-state index in [1.54, 1.807) is 0 Å². The molecule has 5 heteroatoms. The number of amidine groups is 1. The fraction of sp³-hybridized carbons (Fsp3) is 0.833. The molecule has 1 unspecified atom stereocenters. The molecule has 1 amide bonds. The number of thioether (sulfide) groups is 1. The summed E-state index contributed by atoms with van der Waals surface area (Å²) < 4.78 is -0.407. The van der Waals surface area contributed by atoms with Crippen LogP contribution in [0.5, 0.6) is 0 Å². The highest BCUT2D eigenvalue weighted by Gasteiger charge is 2.45. The van der Waals surface area contributed by atoms with Crippen molar-refractivity contribution in [2.45, 2.75) is 56.9 Å². The molecule has 2 N–H and O–H groups in total. The first-order chi connectivity index (χ1) is 7.91. The Bertz CT molecular complexity index is 356. The molecule has 0 aromatic carbocycles. The van der Waals surface area contributed by atoms with Crippen molar-refractivity contribution in [3.63, 3.8) is 0 Å². The third kappa shape index (κ3) is 2.50. The molecule has 96 valence electrons. The van der Waals surface area contributed by atoms with Crippen LogP contribution in [-0.4, -0.2) is 33.1 Å². The molecule has 0 aromatic heterocycles. The van der Waals surface area contributed by atoms with Gasteiger partial charge in [-0.25, -0.2) is 0 Å². The summed E-state index contributed by atoms with van der Waals surface area (Å²) in [7, 11) is 0. The Kier molecular flexibility index (Phi) is 3.50. The minimum absolute atomic E-state index is 0.0507. The van der Waals surface area contributed by atoms with E-state index in [1.807, 2.05) is 6.92 Å². The van der Waals surface area contributed by atoms with Crippen LogP contribution in [-0.2, 0) is 4.79 Å². The fourth-order valence-electron chi connectivity index (χ4n) is 2.15. The number of carbonyl (C=O) groups excluding carboxylic acids is 1. The lowest BCUT2D eigenvalue weighted by atomic mass is 9.96. The van der Waals surface area contributed by atoms with Crippen LogP contribution in [0.15, 0.2) is 4.99 Å². The number of amides is 1. The summed E-state index contributed by atoms with van der Waals surface area (Å²) in [6, 6.07) is 0.169. The van der Waals surface area contributed by atoms with Crippen molar-refractivity contribution in [1.82, 2.24) is 5.32 Å². The Morgan fingerprint density at radius 3 is 2.71 bits per heavy atom. The zero-order valence-electron chi connectivity index (χ0n) is 10.6. The number of nitrogens with one attached hydrogen (secondary N) is 1. The molecule has 1 saturated carbocycles. The summed E-state index contributed by atoms with van der Waals surface area (Å²) in [4.78, 5) is 16.5. The Hall–Kier alpha value is -0.550. The molecule has 0 bridgehead atoms. The van der Waals surface area contributed by atoms with E-state index in [9.17, 15) is 9.90 Å². The van der Waals surface area contributed by atoms with E-state index in [0.717, 1.165) is 24.4 Å². The molecule has 4 nitrogen and oxygen atoms in total. The molecule has 0 aromatic rings. The Labute approximate surface area is 106 Å². The molecular weight excluding hydrogens is 236 g/mol. The van der Waals surface area contributed by atoms with Crippen LogP contribution in [0.25, 0.3) is 0 Å². The van der Waals surface area contributed by atoms with Gasteiger partial charge in [-0.15, -0.1) is 0 Å². The van der Waals surface area contributed by atoms with Crippen LogP contribution >= 0.6 is 11.8 Å². The Balaban J connectivity index is 2.06. The number of aliphatic hydroxyl groups excluding tert-OH is 1. The van der Waals surface area contributed by atoms with Crippen molar-refractivity contribution in [2.75, 3.05) is 0 Å². The number of nitrogens with zero attached hydrogens (tertiary/aromatic N) is 1. The van der Waals surface area contributed by atoms with Crippen molar-refractivity contribution < 1.29 is 9.90 Å². The monoisotopic (exact) mass is 256 g/mol. The van der Waals surface area contributed by atoms with Crippen LogP contribution in [0.4, 0.5) is 0 Å². The van der Waals surface area contributed by atoms with Gasteiger partial charge >= 0.3 is 0 Å². The van der Waals surface area contributed by atoms with Crippen molar-refractivity contribution in [1.29, 1.82) is 0 Å². The Morgan fingerprint density at radius 2 is 2.24 bits per heavy atom. The summed E-state index contributed by atoms with van der Waals surface area (Å²) >= 11 is 1.52. The topological polar surface area (TPSA) is 61.7 Å². The number of hydrogen-bond donors (Lipinski definition) is 2. The molecule has 2 aliphatic rings. The van der Waals surface area contributed by atoms with Crippen LogP contribution in [0.2, 0.25) is 0 Å². The molecule has 1 aliphatic carbocycles. The largest absolute Gasteiger partial charge is 0.393 e. The highest BCUT2D eigenvalue weighted by atomic mass is 32.2. The summed E-state index contributed by atoms with van der Waals surface area (Å²) in [6.45, 7) is 6.06. The zero-order chi connectivity index (χ0) is 12.6. The van der Waals surface area contributed by atoms with Gasteiger partial charge in [0, 0.05) is 0 Å². The van der Waals surface area contributed by atoms with Crippen molar-refractivity contribution in [2.24, 2.45) is 10.9 Å². The minimum atomic E-state index is -0.407. The Morgan fingerprint density at radius 1 is 1.53 bits per heavy atom. The number of aliphatic imine (C=N–C) groups is 1. The maximum Gasteiger partial charge on any atom is 0.242 e. The maximum absolute atomic E-state index is 11.9. The third-order valence-corrected chi connectivity index (χ3v) is 5.24. The predicted octanol–water partition coefficient (Wildman–Crippen LogP) is 1.53. The lowest BCUT2D eigenvalue weighted by molar-refractivity contribution is -0.122. The van der Waals surface area contributed by atoms with E-state index in [-0.39, 0.29) is 24.0 Å². The van der Waals surface area contributed by atoms with Crippen LogP contribution in [0.1, 0.15) is 40.0 Å². The van der Waals surface area contributed by atoms with Crippen molar-refractivity contribution in [3.05, 3.63) is 0 Å². The first-order valence-electron chi connectivity index (χ1n) is 6.18. The van der Waals surface area contributed by atoms with Gasteiger partial charge in [-0.3, -0.25) is 9.79 Å². The van der Waals surface area contributed by atoms with Gasteiger partial charge in [0.25, 0.3) is 0 Å². The normalized spacial score (nSPS) is 40.3. The second kappa shape index (κ2) is 4.61. The van der Waals surface area contributed by atoms with E-state index in [1.165, 1.54) is 11.8 Å². The average molecular weight is 256 g/mol. The number of aliphatic hydroxyl groups is 1. The lowest BCUT2D eigenvalue weighted by Gasteiger charge is -2.22. The molecule has 0 radical (unpaired) electrons. The van der Waals surface area contributed by atoms with Gasteiger partial charge in [0.2, 0.25) is 5.91 Å². The number of hydrogen-bond acceptors (Lipinski definition) is 4. The van der Waals surface area contributed by atoms with Crippen LogP contribution < -0.4 is 5.32 Å². The van der Waals surface area contributed by atoms with Gasteiger partial charge in [0.05, 0.1) is 12.1 Å². The second-order valence-electron chi connectivity index (χ2n) is 5.37. The summed E-state index contributed by atoms with van der Waals surface area (Å²) in [5.74, 6) is 0.323. The summed E-state index contributed by atoms with van der Waals surface area (Å²) in [5.41, 5.74) is 0. The zero-order valence-corrected chi connectivity index (χ0v) is 11.4. The van der Waals surface area contributed by atoms with Gasteiger partial charge in [-0.05, 0) is 32.1 Å². The van der Waals surface area contributed by atoms with E-state index < -0.39 is 4.75 Å². The maximum atomic E-state index is 11.9. The summed E-state index contributed by atoms with van der Waals surface area (Å²) in [5, 5.41) is 13.0. The number of carbonyl (C=O) groups is 1. The molecular formula is C12H20N2O2S. The van der Waals surface area contributed by atoms with E-state index in [4.69, 9.17) is 0 Å². The van der Waals surface area contributed by atoms with Crippen molar-refractivity contribution in [3.8, 4) is 0 Å². The average Bonchev–Trinajstić information content (AvgIpc) is 2.74. The fourth-order valence-corrected chi connectivity index (χ4v) is 3.28. The molecule has 1 aliphatic heterocycles.